The van der Waals surface area contributed by atoms with Crippen molar-refractivity contribution < 1.29 is 4.79 Å². The van der Waals surface area contributed by atoms with Crippen LogP contribution in [0.2, 0.25) is 10.0 Å². The molecule has 0 aliphatic heterocycles. The van der Waals surface area contributed by atoms with Gasteiger partial charge in [0.25, 0.3) is 0 Å². The second kappa shape index (κ2) is 6.42. The summed E-state index contributed by atoms with van der Waals surface area (Å²) in [6.45, 7) is 0. The maximum atomic E-state index is 12.1. The number of amides is 1. The lowest BCUT2D eigenvalue weighted by atomic mass is 10.00. The normalized spacial score (nSPS) is 11.4. The number of anilines is 1. The number of nitrogens with zero attached hydrogens (tertiary/aromatic N) is 1. The van der Waals surface area contributed by atoms with E-state index < -0.39 is 11.8 Å². The number of carbonyl (C=O) groups excluding carboxylic acids is 1. The molecule has 0 saturated carbocycles. The molecule has 100 valence electrons. The molecule has 0 radical (unpaired) electrons. The monoisotopic (exact) mass is 304 g/mol. The second-order valence-electron chi connectivity index (χ2n) is 4.12. The van der Waals surface area contributed by atoms with E-state index in [0.717, 1.165) is 0 Å². The first-order valence-corrected chi connectivity index (χ1v) is 6.57. The van der Waals surface area contributed by atoms with Crippen molar-refractivity contribution in [3.8, 4) is 6.07 Å². The molecule has 1 unspecified atom stereocenters. The highest BCUT2D eigenvalue weighted by Gasteiger charge is 2.20. The Hall–Kier alpha value is -2.02. The van der Waals surface area contributed by atoms with Gasteiger partial charge >= 0.3 is 0 Å². The number of rotatable bonds is 3. The van der Waals surface area contributed by atoms with Gasteiger partial charge in [-0.2, -0.15) is 5.26 Å². The summed E-state index contributed by atoms with van der Waals surface area (Å²) in [5.74, 6) is -1.30. The summed E-state index contributed by atoms with van der Waals surface area (Å²) < 4.78 is 0. The van der Waals surface area contributed by atoms with Crippen LogP contribution in [-0.2, 0) is 4.79 Å². The van der Waals surface area contributed by atoms with Gasteiger partial charge in [0.15, 0.2) is 5.92 Å². The number of hydrogen-bond acceptors (Lipinski definition) is 2. The summed E-state index contributed by atoms with van der Waals surface area (Å²) in [7, 11) is 0. The Balaban J connectivity index is 2.20. The third-order valence-electron chi connectivity index (χ3n) is 2.65. The Morgan fingerprint density at radius 3 is 2.25 bits per heavy atom. The van der Waals surface area contributed by atoms with E-state index in [0.29, 0.717) is 21.3 Å². The van der Waals surface area contributed by atoms with Crippen molar-refractivity contribution in [3.05, 3.63) is 64.1 Å². The Labute approximate surface area is 126 Å². The third kappa shape index (κ3) is 3.51. The summed E-state index contributed by atoms with van der Waals surface area (Å²) >= 11 is 11.7. The summed E-state index contributed by atoms with van der Waals surface area (Å²) in [6.07, 6.45) is 0. The van der Waals surface area contributed by atoms with Gasteiger partial charge in [-0.25, -0.2) is 0 Å². The molecule has 0 aliphatic rings. The molecule has 5 heteroatoms. The minimum absolute atomic E-state index is 0.418. The van der Waals surface area contributed by atoms with Crippen LogP contribution >= 0.6 is 23.2 Å². The molecule has 0 saturated heterocycles. The molecular weight excluding hydrogens is 295 g/mol. The van der Waals surface area contributed by atoms with E-state index in [1.807, 2.05) is 12.1 Å². The maximum Gasteiger partial charge on any atom is 0.246 e. The van der Waals surface area contributed by atoms with Crippen LogP contribution in [0.1, 0.15) is 11.5 Å². The fourth-order valence-electron chi connectivity index (χ4n) is 1.77. The largest absolute Gasteiger partial charge is 0.325 e. The molecular formula is C15H10Cl2N2O. The van der Waals surface area contributed by atoms with E-state index in [1.54, 1.807) is 42.5 Å². The van der Waals surface area contributed by atoms with Gasteiger partial charge in [-0.3, -0.25) is 4.79 Å². The lowest BCUT2D eigenvalue weighted by Gasteiger charge is -2.11. The molecule has 0 bridgehead atoms. The van der Waals surface area contributed by atoms with Crippen LogP contribution in [0.5, 0.6) is 0 Å². The molecule has 2 rings (SSSR count). The number of nitriles is 1. The molecule has 0 heterocycles. The van der Waals surface area contributed by atoms with Crippen LogP contribution in [0.4, 0.5) is 5.69 Å². The lowest BCUT2D eigenvalue weighted by molar-refractivity contribution is -0.116. The molecule has 1 atom stereocenters. The van der Waals surface area contributed by atoms with E-state index in [9.17, 15) is 10.1 Å². The van der Waals surface area contributed by atoms with Crippen molar-refractivity contribution in [3.63, 3.8) is 0 Å². The number of hydrogen-bond donors (Lipinski definition) is 1. The predicted molar refractivity (Wildman–Crippen MR) is 79.9 cm³/mol. The quantitative estimate of drug-likeness (QED) is 0.922. The Bertz CT molecular complexity index is 645. The summed E-state index contributed by atoms with van der Waals surface area (Å²) in [5, 5.41) is 12.7. The molecule has 2 aromatic rings. The maximum absolute atomic E-state index is 12.1. The van der Waals surface area contributed by atoms with Gasteiger partial charge < -0.3 is 5.32 Å². The highest BCUT2D eigenvalue weighted by atomic mass is 35.5. The zero-order chi connectivity index (χ0) is 14.5. The molecule has 1 amide bonds. The van der Waals surface area contributed by atoms with E-state index in [1.165, 1.54) is 0 Å². The minimum Gasteiger partial charge on any atom is -0.325 e. The van der Waals surface area contributed by atoms with Gasteiger partial charge in [0, 0.05) is 15.7 Å². The zero-order valence-corrected chi connectivity index (χ0v) is 11.8. The molecule has 1 N–H and O–H groups in total. The topological polar surface area (TPSA) is 52.9 Å². The first-order valence-electron chi connectivity index (χ1n) is 5.81. The third-order valence-corrected chi connectivity index (χ3v) is 3.09. The van der Waals surface area contributed by atoms with Crippen molar-refractivity contribution >= 4 is 34.8 Å². The fraction of sp³-hybridized carbons (Fsp3) is 0.0667. The van der Waals surface area contributed by atoms with Crippen molar-refractivity contribution in [2.75, 3.05) is 5.32 Å². The summed E-state index contributed by atoms with van der Waals surface area (Å²) in [5.41, 5.74) is 1.10. The number of halogens is 2. The van der Waals surface area contributed by atoms with Crippen LogP contribution in [0.25, 0.3) is 0 Å². The SMILES string of the molecule is N#CC(C(=O)Nc1cc(Cl)cc(Cl)c1)c1ccccc1. The highest BCUT2D eigenvalue weighted by molar-refractivity contribution is 6.35. The van der Waals surface area contributed by atoms with Crippen LogP contribution in [-0.4, -0.2) is 5.91 Å². The summed E-state index contributed by atoms with van der Waals surface area (Å²) in [6, 6.07) is 15.6. The Kier molecular flexibility index (Phi) is 4.62. The van der Waals surface area contributed by atoms with Gasteiger partial charge in [0.05, 0.1) is 6.07 Å². The van der Waals surface area contributed by atoms with Crippen LogP contribution in [0, 0.1) is 11.3 Å². The molecule has 2 aromatic carbocycles. The van der Waals surface area contributed by atoms with E-state index >= 15 is 0 Å². The van der Waals surface area contributed by atoms with Crippen molar-refractivity contribution in [1.82, 2.24) is 0 Å². The Morgan fingerprint density at radius 1 is 1.10 bits per heavy atom. The molecule has 0 spiro atoms. The predicted octanol–water partition coefficient (Wildman–Crippen LogP) is 4.24. The van der Waals surface area contributed by atoms with Crippen molar-refractivity contribution in [2.45, 2.75) is 5.92 Å². The second-order valence-corrected chi connectivity index (χ2v) is 4.99. The highest BCUT2D eigenvalue weighted by Crippen LogP contribution is 2.24. The van der Waals surface area contributed by atoms with Gasteiger partial charge in [0.2, 0.25) is 5.91 Å². The first-order chi connectivity index (χ1) is 9.60. The van der Waals surface area contributed by atoms with Crippen LogP contribution in [0.3, 0.4) is 0 Å². The molecule has 0 aromatic heterocycles. The average molecular weight is 305 g/mol. The lowest BCUT2D eigenvalue weighted by Crippen LogP contribution is -2.19. The van der Waals surface area contributed by atoms with Crippen LogP contribution < -0.4 is 5.32 Å². The van der Waals surface area contributed by atoms with Gasteiger partial charge in [-0.1, -0.05) is 53.5 Å². The zero-order valence-electron chi connectivity index (χ0n) is 10.3. The number of benzene rings is 2. The van der Waals surface area contributed by atoms with Gasteiger partial charge in [0.1, 0.15) is 0 Å². The molecule has 0 aliphatic carbocycles. The smallest absolute Gasteiger partial charge is 0.246 e. The molecule has 0 fully saturated rings. The Morgan fingerprint density at radius 2 is 1.70 bits per heavy atom. The van der Waals surface area contributed by atoms with Crippen molar-refractivity contribution in [1.29, 1.82) is 5.26 Å². The summed E-state index contributed by atoms with van der Waals surface area (Å²) in [4.78, 5) is 12.1. The van der Waals surface area contributed by atoms with E-state index in [-0.39, 0.29) is 0 Å². The van der Waals surface area contributed by atoms with E-state index in [2.05, 4.69) is 5.32 Å². The van der Waals surface area contributed by atoms with E-state index in [4.69, 9.17) is 23.2 Å². The van der Waals surface area contributed by atoms with Crippen molar-refractivity contribution in [2.24, 2.45) is 0 Å². The fourth-order valence-corrected chi connectivity index (χ4v) is 2.30. The molecule has 3 nitrogen and oxygen atoms in total. The van der Waals surface area contributed by atoms with Gasteiger partial charge in [-0.15, -0.1) is 0 Å². The number of carbonyl (C=O) groups is 1. The first kappa shape index (κ1) is 14.4. The molecule has 20 heavy (non-hydrogen) atoms. The minimum atomic E-state index is -0.881. The van der Waals surface area contributed by atoms with Crippen LogP contribution in [0.15, 0.2) is 48.5 Å². The average Bonchev–Trinajstić information content (AvgIpc) is 2.39. The number of nitrogens with one attached hydrogen (secondary N) is 1. The van der Waals surface area contributed by atoms with Gasteiger partial charge in [-0.05, 0) is 23.8 Å². The standard InChI is InChI=1S/C15H10Cl2N2O/c16-11-6-12(17)8-13(7-11)19-15(20)14(9-18)10-4-2-1-3-5-10/h1-8,14H,(H,19,20).